The predicted molar refractivity (Wildman–Crippen MR) is 69.6 cm³/mol. The van der Waals surface area contributed by atoms with E-state index in [0.717, 1.165) is 18.4 Å². The lowest BCUT2D eigenvalue weighted by molar-refractivity contribution is 0.415. The summed E-state index contributed by atoms with van der Waals surface area (Å²) in [6.45, 7) is 2.13. The molecule has 0 saturated carbocycles. The van der Waals surface area contributed by atoms with Gasteiger partial charge in [-0.15, -0.1) is 0 Å². The smallest absolute Gasteiger partial charge is 0.138 e. The van der Waals surface area contributed by atoms with Gasteiger partial charge in [0.15, 0.2) is 0 Å². The van der Waals surface area contributed by atoms with E-state index < -0.39 is 0 Å². The maximum absolute atomic E-state index is 6.14. The Morgan fingerprint density at radius 1 is 1.33 bits per heavy atom. The molecule has 0 aliphatic heterocycles. The fraction of sp³-hybridized carbons (Fsp3) is 0.455. The van der Waals surface area contributed by atoms with Crippen LogP contribution in [-0.2, 0) is 0 Å². The number of hydrogen-bond donors (Lipinski definition) is 0. The van der Waals surface area contributed by atoms with Gasteiger partial charge in [-0.05, 0) is 18.1 Å². The van der Waals surface area contributed by atoms with Gasteiger partial charge in [0.05, 0.1) is 12.1 Å². The van der Waals surface area contributed by atoms with Crippen molar-refractivity contribution < 1.29 is 4.74 Å². The van der Waals surface area contributed by atoms with Gasteiger partial charge < -0.3 is 4.74 Å². The average molecular weight is 312 g/mol. The van der Waals surface area contributed by atoms with Crippen LogP contribution >= 0.6 is 39.1 Å². The monoisotopic (exact) mass is 310 g/mol. The van der Waals surface area contributed by atoms with Crippen molar-refractivity contribution >= 4 is 39.1 Å². The molecule has 1 rings (SSSR count). The number of methoxy groups -OCH3 is 1. The van der Waals surface area contributed by atoms with Gasteiger partial charge in [-0.1, -0.05) is 52.5 Å². The SMILES string of the molecule is CCCC(Br)c1cc(Cl)c(OC)cc1Cl. The molecule has 1 aromatic rings. The van der Waals surface area contributed by atoms with E-state index in [2.05, 4.69) is 22.9 Å². The summed E-state index contributed by atoms with van der Waals surface area (Å²) in [5, 5.41) is 1.28. The highest BCUT2D eigenvalue weighted by Gasteiger charge is 2.14. The molecule has 0 heterocycles. The summed E-state index contributed by atoms with van der Waals surface area (Å²) in [6.07, 6.45) is 2.12. The molecule has 0 N–H and O–H groups in total. The molecule has 0 saturated heterocycles. The lowest BCUT2D eigenvalue weighted by Crippen LogP contribution is -1.93. The highest BCUT2D eigenvalue weighted by atomic mass is 79.9. The molecule has 84 valence electrons. The molecule has 15 heavy (non-hydrogen) atoms. The standard InChI is InChI=1S/C11H13BrCl2O/c1-3-4-8(12)7-5-10(14)11(15-2)6-9(7)13/h5-6,8H,3-4H2,1-2H3. The highest BCUT2D eigenvalue weighted by molar-refractivity contribution is 9.09. The topological polar surface area (TPSA) is 9.23 Å². The summed E-state index contributed by atoms with van der Waals surface area (Å²) in [5.41, 5.74) is 1.02. The zero-order chi connectivity index (χ0) is 11.4. The Morgan fingerprint density at radius 3 is 2.53 bits per heavy atom. The van der Waals surface area contributed by atoms with Crippen LogP contribution < -0.4 is 4.74 Å². The third-order valence-corrected chi connectivity index (χ3v) is 3.72. The first-order chi connectivity index (χ1) is 7.10. The second-order valence-electron chi connectivity index (χ2n) is 3.26. The maximum atomic E-state index is 6.14. The lowest BCUT2D eigenvalue weighted by atomic mass is 10.1. The Kier molecular flexibility index (Phi) is 5.24. The quantitative estimate of drug-likeness (QED) is 0.691. The van der Waals surface area contributed by atoms with Crippen LogP contribution in [0.25, 0.3) is 0 Å². The molecule has 0 radical (unpaired) electrons. The number of rotatable bonds is 4. The summed E-state index contributed by atoms with van der Waals surface area (Å²) in [6, 6.07) is 3.61. The van der Waals surface area contributed by atoms with Crippen LogP contribution in [-0.4, -0.2) is 7.11 Å². The van der Waals surface area contributed by atoms with Gasteiger partial charge in [0.1, 0.15) is 5.75 Å². The van der Waals surface area contributed by atoms with Crippen molar-refractivity contribution in [1.82, 2.24) is 0 Å². The summed E-state index contributed by atoms with van der Waals surface area (Å²) in [4.78, 5) is 0.249. The molecular formula is C11H13BrCl2O. The van der Waals surface area contributed by atoms with E-state index in [1.54, 1.807) is 13.2 Å². The Bertz CT molecular complexity index is 342. The van der Waals surface area contributed by atoms with Crippen molar-refractivity contribution in [1.29, 1.82) is 0 Å². The maximum Gasteiger partial charge on any atom is 0.138 e. The molecule has 0 aliphatic rings. The Balaban J connectivity index is 3.04. The first kappa shape index (κ1) is 13.1. The predicted octanol–water partition coefficient (Wildman–Crippen LogP) is 5.24. The Hall–Kier alpha value is 0.0800. The largest absolute Gasteiger partial charge is 0.495 e. The minimum atomic E-state index is 0.249. The zero-order valence-corrected chi connectivity index (χ0v) is 11.8. The van der Waals surface area contributed by atoms with Gasteiger partial charge in [0, 0.05) is 15.9 Å². The molecule has 4 heteroatoms. The van der Waals surface area contributed by atoms with Gasteiger partial charge in [-0.2, -0.15) is 0 Å². The van der Waals surface area contributed by atoms with Crippen LogP contribution in [0.15, 0.2) is 12.1 Å². The fourth-order valence-corrected chi connectivity index (χ4v) is 2.85. The van der Waals surface area contributed by atoms with Crippen molar-refractivity contribution in [3.63, 3.8) is 0 Å². The van der Waals surface area contributed by atoms with Crippen LogP contribution in [0.4, 0.5) is 0 Å². The normalized spacial score (nSPS) is 12.6. The van der Waals surface area contributed by atoms with Gasteiger partial charge >= 0.3 is 0 Å². The minimum Gasteiger partial charge on any atom is -0.495 e. The Labute approximate surface area is 109 Å². The van der Waals surface area contributed by atoms with E-state index in [1.807, 2.05) is 6.07 Å². The van der Waals surface area contributed by atoms with E-state index in [4.69, 9.17) is 27.9 Å². The van der Waals surface area contributed by atoms with Gasteiger partial charge in [0.2, 0.25) is 0 Å². The van der Waals surface area contributed by atoms with Gasteiger partial charge in [-0.25, -0.2) is 0 Å². The number of benzene rings is 1. The van der Waals surface area contributed by atoms with E-state index >= 15 is 0 Å². The summed E-state index contributed by atoms with van der Waals surface area (Å²) >= 11 is 15.8. The Morgan fingerprint density at radius 2 is 2.00 bits per heavy atom. The van der Waals surface area contributed by atoms with E-state index in [1.165, 1.54) is 0 Å². The third-order valence-electron chi connectivity index (χ3n) is 2.15. The minimum absolute atomic E-state index is 0.249. The number of ether oxygens (including phenoxy) is 1. The number of halogens is 3. The first-order valence-electron chi connectivity index (χ1n) is 4.77. The number of hydrogen-bond acceptors (Lipinski definition) is 1. The molecular weight excluding hydrogens is 299 g/mol. The molecule has 0 aromatic heterocycles. The van der Waals surface area contributed by atoms with E-state index in [0.29, 0.717) is 15.8 Å². The second kappa shape index (κ2) is 5.97. The highest BCUT2D eigenvalue weighted by Crippen LogP contribution is 2.38. The van der Waals surface area contributed by atoms with Crippen LogP contribution in [0.3, 0.4) is 0 Å². The molecule has 0 fully saturated rings. The van der Waals surface area contributed by atoms with Crippen molar-refractivity contribution in [2.24, 2.45) is 0 Å². The van der Waals surface area contributed by atoms with Crippen molar-refractivity contribution in [2.45, 2.75) is 24.6 Å². The third kappa shape index (κ3) is 3.27. The van der Waals surface area contributed by atoms with Crippen molar-refractivity contribution in [2.75, 3.05) is 7.11 Å². The molecule has 1 unspecified atom stereocenters. The number of alkyl halides is 1. The van der Waals surface area contributed by atoms with E-state index in [9.17, 15) is 0 Å². The molecule has 0 aliphatic carbocycles. The van der Waals surface area contributed by atoms with Gasteiger partial charge in [0.25, 0.3) is 0 Å². The fourth-order valence-electron chi connectivity index (χ4n) is 1.35. The van der Waals surface area contributed by atoms with Crippen molar-refractivity contribution in [3.05, 3.63) is 27.7 Å². The van der Waals surface area contributed by atoms with Crippen LogP contribution in [0.5, 0.6) is 5.75 Å². The molecule has 0 bridgehead atoms. The lowest BCUT2D eigenvalue weighted by Gasteiger charge is -2.13. The second-order valence-corrected chi connectivity index (χ2v) is 5.18. The van der Waals surface area contributed by atoms with Gasteiger partial charge in [-0.3, -0.25) is 0 Å². The van der Waals surface area contributed by atoms with Crippen LogP contribution in [0.2, 0.25) is 10.0 Å². The zero-order valence-electron chi connectivity index (χ0n) is 8.69. The summed E-state index contributed by atoms with van der Waals surface area (Å²) in [5.74, 6) is 0.613. The van der Waals surface area contributed by atoms with Crippen LogP contribution in [0, 0.1) is 0 Å². The molecule has 0 spiro atoms. The van der Waals surface area contributed by atoms with Crippen molar-refractivity contribution in [3.8, 4) is 5.75 Å². The molecule has 1 nitrogen and oxygen atoms in total. The van der Waals surface area contributed by atoms with E-state index in [-0.39, 0.29) is 4.83 Å². The first-order valence-corrected chi connectivity index (χ1v) is 6.44. The summed E-state index contributed by atoms with van der Waals surface area (Å²) < 4.78 is 5.09. The van der Waals surface area contributed by atoms with Crippen LogP contribution in [0.1, 0.15) is 30.2 Å². The average Bonchev–Trinajstić information content (AvgIpc) is 2.21. The molecule has 1 aromatic carbocycles. The molecule has 0 amide bonds. The summed E-state index contributed by atoms with van der Waals surface area (Å²) in [7, 11) is 1.58. The molecule has 1 atom stereocenters.